The molecule has 3 N–H and O–H groups in total. The lowest BCUT2D eigenvalue weighted by atomic mass is 9.88. The molecule has 1 heterocycles. The molecular weight excluding hydrogens is 321 g/mol. The Bertz CT molecular complexity index is 630. The molecule has 0 radical (unpaired) electrons. The van der Waals surface area contributed by atoms with E-state index in [2.05, 4.69) is 12.2 Å². The summed E-state index contributed by atoms with van der Waals surface area (Å²) in [4.78, 5) is 26.2. The fourth-order valence-corrected chi connectivity index (χ4v) is 3.67. The van der Waals surface area contributed by atoms with Crippen LogP contribution in [-0.2, 0) is 9.59 Å². The van der Waals surface area contributed by atoms with Crippen LogP contribution in [0.4, 0.5) is 4.39 Å². The molecule has 1 aromatic rings. The van der Waals surface area contributed by atoms with Crippen molar-refractivity contribution < 1.29 is 14.0 Å². The first-order chi connectivity index (χ1) is 12.0. The molecule has 1 aromatic carbocycles. The number of carbonyl (C=O) groups excluding carboxylic acids is 2. The Balaban J connectivity index is 1.68. The van der Waals surface area contributed by atoms with Gasteiger partial charge in [-0.05, 0) is 42.9 Å². The largest absolute Gasteiger partial charge is 0.368 e. The van der Waals surface area contributed by atoms with E-state index < -0.39 is 11.9 Å². The van der Waals surface area contributed by atoms with E-state index in [9.17, 15) is 14.0 Å². The van der Waals surface area contributed by atoms with Crippen LogP contribution in [0.25, 0.3) is 0 Å². The van der Waals surface area contributed by atoms with Crippen molar-refractivity contribution in [2.45, 2.75) is 44.7 Å². The van der Waals surface area contributed by atoms with Crippen LogP contribution < -0.4 is 11.1 Å². The van der Waals surface area contributed by atoms with Crippen LogP contribution in [0.2, 0.25) is 0 Å². The van der Waals surface area contributed by atoms with Crippen molar-refractivity contribution in [2.24, 2.45) is 17.6 Å². The molecule has 5 nitrogen and oxygen atoms in total. The maximum absolute atomic E-state index is 13.1. The quantitative estimate of drug-likeness (QED) is 0.826. The molecule has 1 saturated heterocycles. The van der Waals surface area contributed by atoms with Crippen molar-refractivity contribution >= 4 is 11.8 Å². The van der Waals surface area contributed by atoms with Gasteiger partial charge in [0.2, 0.25) is 11.8 Å². The highest BCUT2D eigenvalue weighted by atomic mass is 19.1. The van der Waals surface area contributed by atoms with Gasteiger partial charge >= 0.3 is 0 Å². The zero-order chi connectivity index (χ0) is 18.0. The Morgan fingerprint density at radius 1 is 1.28 bits per heavy atom. The smallest absolute Gasteiger partial charge is 0.239 e. The predicted molar refractivity (Wildman–Crippen MR) is 93.0 cm³/mol. The SMILES string of the molecule is CC[C@@H]1CN(C(=O)C2CC2)CC[C@H]1N[C@H](C(N)=O)c1ccc(F)cc1. The highest BCUT2D eigenvalue weighted by Crippen LogP contribution is 2.33. The number of carbonyl (C=O) groups is 2. The third-order valence-electron chi connectivity index (χ3n) is 5.37. The molecule has 0 aromatic heterocycles. The van der Waals surface area contributed by atoms with Crippen LogP contribution in [0.1, 0.15) is 44.2 Å². The van der Waals surface area contributed by atoms with Gasteiger partial charge < -0.3 is 10.6 Å². The van der Waals surface area contributed by atoms with Crippen molar-refractivity contribution in [3.05, 3.63) is 35.6 Å². The predicted octanol–water partition coefficient (Wildman–Crippen LogP) is 1.98. The second-order valence-corrected chi connectivity index (χ2v) is 7.18. The molecule has 3 rings (SSSR count). The van der Waals surface area contributed by atoms with E-state index in [-0.39, 0.29) is 29.6 Å². The summed E-state index contributed by atoms with van der Waals surface area (Å²) in [5.41, 5.74) is 6.24. The van der Waals surface area contributed by atoms with Crippen molar-refractivity contribution in [3.8, 4) is 0 Å². The second kappa shape index (κ2) is 7.52. The van der Waals surface area contributed by atoms with Crippen molar-refractivity contribution in [1.82, 2.24) is 10.2 Å². The van der Waals surface area contributed by atoms with Crippen LogP contribution >= 0.6 is 0 Å². The number of rotatable bonds is 6. The van der Waals surface area contributed by atoms with Crippen molar-refractivity contribution in [2.75, 3.05) is 13.1 Å². The molecule has 0 bridgehead atoms. The average molecular weight is 347 g/mol. The normalized spacial score (nSPS) is 24.8. The Kier molecular flexibility index (Phi) is 5.37. The summed E-state index contributed by atoms with van der Waals surface area (Å²) in [6.45, 7) is 3.53. The van der Waals surface area contributed by atoms with E-state index in [0.717, 1.165) is 32.2 Å². The zero-order valence-electron chi connectivity index (χ0n) is 14.6. The number of benzene rings is 1. The number of nitrogens with zero attached hydrogens (tertiary/aromatic N) is 1. The lowest BCUT2D eigenvalue weighted by Gasteiger charge is -2.40. The molecule has 1 aliphatic heterocycles. The molecule has 1 saturated carbocycles. The van der Waals surface area contributed by atoms with E-state index in [1.807, 2.05) is 4.90 Å². The Morgan fingerprint density at radius 2 is 1.96 bits per heavy atom. The van der Waals surface area contributed by atoms with Gasteiger partial charge in [-0.2, -0.15) is 0 Å². The molecular formula is C19H26FN3O2. The molecule has 0 spiro atoms. The van der Waals surface area contributed by atoms with Gasteiger partial charge in [-0.1, -0.05) is 25.5 Å². The van der Waals surface area contributed by atoms with E-state index in [4.69, 9.17) is 5.73 Å². The summed E-state index contributed by atoms with van der Waals surface area (Å²) in [5, 5.41) is 3.36. The molecule has 2 amide bonds. The van der Waals surface area contributed by atoms with E-state index in [1.54, 1.807) is 12.1 Å². The molecule has 2 fully saturated rings. The van der Waals surface area contributed by atoms with Gasteiger partial charge in [0, 0.05) is 25.0 Å². The number of nitrogens with two attached hydrogens (primary N) is 1. The van der Waals surface area contributed by atoms with Crippen LogP contribution in [0.15, 0.2) is 24.3 Å². The summed E-state index contributed by atoms with van der Waals surface area (Å²) in [7, 11) is 0. The average Bonchev–Trinajstić information content (AvgIpc) is 3.45. The molecule has 1 aliphatic carbocycles. The van der Waals surface area contributed by atoms with Crippen molar-refractivity contribution in [3.63, 3.8) is 0 Å². The fourth-order valence-electron chi connectivity index (χ4n) is 3.67. The van der Waals surface area contributed by atoms with Gasteiger partial charge in [0.05, 0.1) is 0 Å². The Labute approximate surface area is 147 Å². The molecule has 2 aliphatic rings. The maximum Gasteiger partial charge on any atom is 0.239 e. The van der Waals surface area contributed by atoms with Gasteiger partial charge in [-0.25, -0.2) is 4.39 Å². The number of likely N-dealkylation sites (tertiary alicyclic amines) is 1. The van der Waals surface area contributed by atoms with Crippen molar-refractivity contribution in [1.29, 1.82) is 0 Å². The summed E-state index contributed by atoms with van der Waals surface area (Å²) in [6, 6.07) is 5.30. The second-order valence-electron chi connectivity index (χ2n) is 7.18. The lowest BCUT2D eigenvalue weighted by molar-refractivity contribution is -0.135. The summed E-state index contributed by atoms with van der Waals surface area (Å²) >= 11 is 0. The van der Waals surface area contributed by atoms with E-state index in [0.29, 0.717) is 12.1 Å². The highest BCUT2D eigenvalue weighted by molar-refractivity contribution is 5.82. The van der Waals surface area contributed by atoms with Gasteiger partial charge in [-0.3, -0.25) is 14.9 Å². The van der Waals surface area contributed by atoms with Gasteiger partial charge in [0.1, 0.15) is 11.9 Å². The molecule has 136 valence electrons. The lowest BCUT2D eigenvalue weighted by Crippen LogP contribution is -2.53. The number of halogens is 1. The summed E-state index contributed by atoms with van der Waals surface area (Å²) in [6.07, 6.45) is 3.74. The zero-order valence-corrected chi connectivity index (χ0v) is 14.6. The molecule has 3 atom stereocenters. The van der Waals surface area contributed by atoms with Gasteiger partial charge in [0.15, 0.2) is 0 Å². The van der Waals surface area contributed by atoms with Gasteiger partial charge in [-0.15, -0.1) is 0 Å². The fraction of sp³-hybridized carbons (Fsp3) is 0.579. The standard InChI is InChI=1S/C19H26FN3O2/c1-2-12-11-23(19(25)14-3-4-14)10-9-16(12)22-17(18(21)24)13-5-7-15(20)8-6-13/h5-8,12,14,16-17,22H,2-4,9-11H2,1H3,(H2,21,24)/t12-,16-,17+/m1/s1. The third-order valence-corrected chi connectivity index (χ3v) is 5.37. The summed E-state index contributed by atoms with van der Waals surface area (Å²) < 4.78 is 13.1. The summed E-state index contributed by atoms with van der Waals surface area (Å²) in [5.74, 6) is -0.0246. The van der Waals surface area contributed by atoms with Crippen LogP contribution in [0, 0.1) is 17.7 Å². The minimum atomic E-state index is -0.648. The van der Waals surface area contributed by atoms with E-state index in [1.165, 1.54) is 12.1 Å². The van der Waals surface area contributed by atoms with Crippen LogP contribution in [0.3, 0.4) is 0 Å². The molecule has 25 heavy (non-hydrogen) atoms. The minimum absolute atomic E-state index is 0.107. The first-order valence-corrected chi connectivity index (χ1v) is 9.09. The van der Waals surface area contributed by atoms with Crippen LogP contribution in [0.5, 0.6) is 0 Å². The monoisotopic (exact) mass is 347 g/mol. The topological polar surface area (TPSA) is 75.4 Å². The maximum atomic E-state index is 13.1. The first kappa shape index (κ1) is 17.9. The number of piperidine rings is 1. The number of nitrogens with one attached hydrogen (secondary N) is 1. The third kappa shape index (κ3) is 4.18. The number of hydrogen-bond acceptors (Lipinski definition) is 3. The minimum Gasteiger partial charge on any atom is -0.368 e. The number of amides is 2. The first-order valence-electron chi connectivity index (χ1n) is 9.09. The molecule has 6 heteroatoms. The highest BCUT2D eigenvalue weighted by Gasteiger charge is 2.38. The molecule has 0 unspecified atom stereocenters. The van der Waals surface area contributed by atoms with Crippen LogP contribution in [-0.4, -0.2) is 35.8 Å². The Morgan fingerprint density at radius 3 is 2.52 bits per heavy atom. The Hall–Kier alpha value is -1.95. The van der Waals surface area contributed by atoms with Gasteiger partial charge in [0.25, 0.3) is 0 Å². The number of hydrogen-bond donors (Lipinski definition) is 2. The van der Waals surface area contributed by atoms with E-state index >= 15 is 0 Å². The number of primary amides is 1.